The fourth-order valence-corrected chi connectivity index (χ4v) is 2.36. The molecule has 2 amide bonds. The van der Waals surface area contributed by atoms with Crippen LogP contribution < -0.4 is 16.0 Å². The van der Waals surface area contributed by atoms with Gasteiger partial charge in [0, 0.05) is 30.9 Å². The van der Waals surface area contributed by atoms with E-state index in [1.54, 1.807) is 18.2 Å². The molecule has 1 heterocycles. The van der Waals surface area contributed by atoms with Crippen LogP contribution in [0.3, 0.4) is 0 Å². The van der Waals surface area contributed by atoms with Gasteiger partial charge >= 0.3 is 0 Å². The maximum absolute atomic E-state index is 12.4. The molecule has 9 nitrogen and oxygen atoms in total. The minimum Gasteiger partial charge on any atom is -0.459 e. The molecule has 0 aliphatic rings. The van der Waals surface area contributed by atoms with Crippen molar-refractivity contribution < 1.29 is 18.9 Å². The number of non-ortho nitro benzene ring substituents is 1. The van der Waals surface area contributed by atoms with Gasteiger partial charge in [0.05, 0.1) is 11.2 Å². The summed E-state index contributed by atoms with van der Waals surface area (Å²) in [5.74, 6) is -0.701. The van der Waals surface area contributed by atoms with Crippen molar-refractivity contribution in [3.05, 3.63) is 58.5 Å². The Morgan fingerprint density at radius 1 is 1.15 bits per heavy atom. The lowest BCUT2D eigenvalue weighted by Gasteiger charge is -2.21. The Morgan fingerprint density at radius 2 is 1.85 bits per heavy atom. The van der Waals surface area contributed by atoms with Gasteiger partial charge in [0.2, 0.25) is 5.91 Å². The molecular formula is C18H22N4O5. The van der Waals surface area contributed by atoms with Crippen LogP contribution >= 0.6 is 0 Å². The summed E-state index contributed by atoms with van der Waals surface area (Å²) < 4.78 is 5.03. The molecule has 0 saturated carbocycles. The van der Waals surface area contributed by atoms with E-state index in [2.05, 4.69) is 16.0 Å². The van der Waals surface area contributed by atoms with Crippen molar-refractivity contribution in [2.75, 3.05) is 18.4 Å². The number of benzene rings is 1. The first-order valence-corrected chi connectivity index (χ1v) is 8.49. The van der Waals surface area contributed by atoms with Crippen LogP contribution in [-0.4, -0.2) is 35.9 Å². The molecule has 1 atom stereocenters. The van der Waals surface area contributed by atoms with Gasteiger partial charge in [0.15, 0.2) is 5.76 Å². The molecule has 1 unspecified atom stereocenters. The van der Waals surface area contributed by atoms with E-state index < -0.39 is 16.9 Å². The Bertz CT molecular complexity index is 772. The third kappa shape index (κ3) is 5.84. The molecule has 0 radical (unpaired) electrons. The van der Waals surface area contributed by atoms with Crippen LogP contribution in [0.4, 0.5) is 11.4 Å². The number of rotatable bonds is 9. The second-order valence-electron chi connectivity index (χ2n) is 6.19. The normalized spacial score (nSPS) is 11.7. The van der Waals surface area contributed by atoms with Gasteiger partial charge in [-0.2, -0.15) is 0 Å². The van der Waals surface area contributed by atoms with Gasteiger partial charge in [-0.1, -0.05) is 13.8 Å². The van der Waals surface area contributed by atoms with E-state index in [-0.39, 0.29) is 23.3 Å². The van der Waals surface area contributed by atoms with E-state index in [9.17, 15) is 19.7 Å². The largest absolute Gasteiger partial charge is 0.459 e. The Hall–Kier alpha value is -3.36. The summed E-state index contributed by atoms with van der Waals surface area (Å²) in [5, 5.41) is 19.1. The third-order valence-corrected chi connectivity index (χ3v) is 3.81. The van der Waals surface area contributed by atoms with Gasteiger partial charge in [-0.15, -0.1) is 0 Å². The molecule has 27 heavy (non-hydrogen) atoms. The molecule has 1 aromatic heterocycles. The second kappa shape index (κ2) is 9.37. The average Bonchev–Trinajstić information content (AvgIpc) is 3.18. The Kier molecular flexibility index (Phi) is 6.93. The topological polar surface area (TPSA) is 127 Å². The fourth-order valence-electron chi connectivity index (χ4n) is 2.36. The number of hydrogen-bond acceptors (Lipinski definition) is 6. The van der Waals surface area contributed by atoms with E-state index in [0.717, 1.165) is 0 Å². The fraction of sp³-hybridized carbons (Fsp3) is 0.333. The van der Waals surface area contributed by atoms with E-state index in [1.807, 2.05) is 13.8 Å². The lowest BCUT2D eigenvalue weighted by molar-refractivity contribution is -0.384. The van der Waals surface area contributed by atoms with Crippen LogP contribution in [0.2, 0.25) is 0 Å². The van der Waals surface area contributed by atoms with Crippen molar-refractivity contribution in [2.24, 2.45) is 5.92 Å². The maximum Gasteiger partial charge on any atom is 0.287 e. The second-order valence-corrected chi connectivity index (χ2v) is 6.19. The molecule has 0 aliphatic heterocycles. The maximum atomic E-state index is 12.4. The Balaban J connectivity index is 1.79. The zero-order chi connectivity index (χ0) is 19.8. The zero-order valence-corrected chi connectivity index (χ0v) is 15.1. The number of nitrogens with zero attached hydrogens (tertiary/aromatic N) is 1. The van der Waals surface area contributed by atoms with Gasteiger partial charge in [0.25, 0.3) is 11.6 Å². The van der Waals surface area contributed by atoms with Crippen LogP contribution in [0.5, 0.6) is 0 Å². The van der Waals surface area contributed by atoms with Crippen molar-refractivity contribution in [1.82, 2.24) is 10.6 Å². The lowest BCUT2D eigenvalue weighted by Crippen LogP contribution is -2.50. The minimum absolute atomic E-state index is 0.0147. The quantitative estimate of drug-likeness (QED) is 0.351. The van der Waals surface area contributed by atoms with Gasteiger partial charge in [-0.3, -0.25) is 19.7 Å². The zero-order valence-electron chi connectivity index (χ0n) is 15.1. The summed E-state index contributed by atoms with van der Waals surface area (Å²) in [6.07, 6.45) is 1.39. The highest BCUT2D eigenvalue weighted by Crippen LogP contribution is 2.14. The molecule has 3 N–H and O–H groups in total. The van der Waals surface area contributed by atoms with Crippen LogP contribution in [0.25, 0.3) is 0 Å². The molecule has 2 rings (SSSR count). The molecule has 0 aliphatic carbocycles. The molecule has 0 saturated heterocycles. The molecule has 0 spiro atoms. The highest BCUT2D eigenvalue weighted by Gasteiger charge is 2.25. The predicted octanol–water partition coefficient (Wildman–Crippen LogP) is 2.17. The van der Waals surface area contributed by atoms with Crippen molar-refractivity contribution in [3.63, 3.8) is 0 Å². The molecule has 1 aromatic carbocycles. The predicted molar refractivity (Wildman–Crippen MR) is 99.4 cm³/mol. The number of nitro groups is 1. The first-order chi connectivity index (χ1) is 12.9. The van der Waals surface area contributed by atoms with E-state index in [0.29, 0.717) is 18.8 Å². The summed E-state index contributed by atoms with van der Waals surface area (Å²) in [7, 11) is 0. The Labute approximate surface area is 156 Å². The first-order valence-electron chi connectivity index (χ1n) is 8.49. The molecule has 9 heteroatoms. The van der Waals surface area contributed by atoms with Crippen LogP contribution in [0.15, 0.2) is 47.1 Å². The smallest absolute Gasteiger partial charge is 0.287 e. The molecule has 144 valence electrons. The number of anilines is 1. The van der Waals surface area contributed by atoms with Crippen LogP contribution in [0, 0.1) is 16.0 Å². The molecule has 0 bridgehead atoms. The summed E-state index contributed by atoms with van der Waals surface area (Å²) >= 11 is 0. The average molecular weight is 374 g/mol. The van der Waals surface area contributed by atoms with Crippen LogP contribution in [0.1, 0.15) is 24.4 Å². The van der Waals surface area contributed by atoms with Crippen LogP contribution in [-0.2, 0) is 4.79 Å². The third-order valence-electron chi connectivity index (χ3n) is 3.81. The summed E-state index contributed by atoms with van der Waals surface area (Å²) in [5.41, 5.74) is 0.724. The molecule has 2 aromatic rings. The van der Waals surface area contributed by atoms with Crippen molar-refractivity contribution >= 4 is 23.2 Å². The standard InChI is InChI=1S/C18H22N4O5/c1-12(2)16(21-17(23)15-4-3-11-27-15)18(24)20-10-9-19-13-5-7-14(8-6-13)22(25)26/h3-8,11-12,16,19H,9-10H2,1-2H3,(H,20,24)(H,21,23). The molecule has 0 fully saturated rings. The number of nitrogens with one attached hydrogen (secondary N) is 3. The van der Waals surface area contributed by atoms with E-state index in [1.165, 1.54) is 24.5 Å². The van der Waals surface area contributed by atoms with Gasteiger partial charge in [0.1, 0.15) is 6.04 Å². The van der Waals surface area contributed by atoms with Gasteiger partial charge in [-0.25, -0.2) is 0 Å². The van der Waals surface area contributed by atoms with E-state index >= 15 is 0 Å². The van der Waals surface area contributed by atoms with E-state index in [4.69, 9.17) is 4.42 Å². The van der Waals surface area contributed by atoms with Gasteiger partial charge < -0.3 is 20.4 Å². The minimum atomic E-state index is -0.693. The lowest BCUT2D eigenvalue weighted by atomic mass is 10.0. The van der Waals surface area contributed by atoms with Gasteiger partial charge in [-0.05, 0) is 30.2 Å². The monoisotopic (exact) mass is 374 g/mol. The number of amides is 2. The van der Waals surface area contributed by atoms with Crippen molar-refractivity contribution in [3.8, 4) is 0 Å². The Morgan fingerprint density at radius 3 is 2.41 bits per heavy atom. The first kappa shape index (κ1) is 20.0. The number of hydrogen-bond donors (Lipinski definition) is 3. The molecular weight excluding hydrogens is 352 g/mol. The summed E-state index contributed by atoms with van der Waals surface area (Å²) in [6, 6.07) is 8.44. The summed E-state index contributed by atoms with van der Waals surface area (Å²) in [4.78, 5) is 34.6. The number of nitro benzene ring substituents is 1. The summed E-state index contributed by atoms with van der Waals surface area (Å²) in [6.45, 7) is 4.43. The number of furan rings is 1. The van der Waals surface area contributed by atoms with Crippen molar-refractivity contribution in [2.45, 2.75) is 19.9 Å². The number of carbonyl (C=O) groups is 2. The highest BCUT2D eigenvalue weighted by atomic mass is 16.6. The van der Waals surface area contributed by atoms with Crippen molar-refractivity contribution in [1.29, 1.82) is 0 Å². The SMILES string of the molecule is CC(C)C(NC(=O)c1ccco1)C(=O)NCCNc1ccc([N+](=O)[O-])cc1. The number of carbonyl (C=O) groups excluding carboxylic acids is 2. The highest BCUT2D eigenvalue weighted by molar-refractivity contribution is 5.95.